The van der Waals surface area contributed by atoms with Crippen LogP contribution in [0.25, 0.3) is 0 Å². The van der Waals surface area contributed by atoms with Crippen LogP contribution in [0.15, 0.2) is 22.7 Å². The summed E-state index contributed by atoms with van der Waals surface area (Å²) in [6, 6.07) is 5.34. The predicted molar refractivity (Wildman–Crippen MR) is 73.7 cm³/mol. The Morgan fingerprint density at radius 2 is 2.25 bits per heavy atom. The maximum atomic E-state index is 12.9. The maximum Gasteiger partial charge on any atom is 0.124 e. The van der Waals surface area contributed by atoms with Gasteiger partial charge >= 0.3 is 0 Å². The molecule has 0 heterocycles. The lowest BCUT2D eigenvalue weighted by atomic mass is 10.1. The number of hydrogen-bond donors (Lipinski definition) is 1. The first-order chi connectivity index (χ1) is 7.67. The first-order valence-electron chi connectivity index (χ1n) is 5.33. The van der Waals surface area contributed by atoms with Crippen molar-refractivity contribution in [2.45, 2.75) is 19.4 Å². The Bertz CT molecular complexity index is 327. The zero-order valence-corrected chi connectivity index (χ0v) is 12.0. The summed E-state index contributed by atoms with van der Waals surface area (Å²) in [6.07, 6.45) is 3.03. The number of thioether (sulfide) groups is 1. The molecular weight excluding hydrogens is 289 g/mol. The summed E-state index contributed by atoms with van der Waals surface area (Å²) in [7, 11) is 0. The molecule has 0 aliphatic heterocycles. The topological polar surface area (TPSA) is 12.0 Å². The van der Waals surface area contributed by atoms with Crippen LogP contribution in [0.3, 0.4) is 0 Å². The molecule has 0 aliphatic carbocycles. The highest BCUT2D eigenvalue weighted by atomic mass is 79.9. The van der Waals surface area contributed by atoms with Crippen LogP contribution in [0.1, 0.15) is 12.5 Å². The van der Waals surface area contributed by atoms with E-state index < -0.39 is 0 Å². The van der Waals surface area contributed by atoms with Crippen molar-refractivity contribution >= 4 is 27.7 Å². The molecule has 0 spiro atoms. The number of rotatable bonds is 6. The SMILES string of the molecule is CCNC(CSC)Cc1ccc(F)cc1Br. The van der Waals surface area contributed by atoms with Crippen molar-refractivity contribution in [3.63, 3.8) is 0 Å². The van der Waals surface area contributed by atoms with Gasteiger partial charge in [-0.2, -0.15) is 11.8 Å². The molecule has 1 rings (SSSR count). The zero-order valence-electron chi connectivity index (χ0n) is 9.59. The fraction of sp³-hybridized carbons (Fsp3) is 0.500. The van der Waals surface area contributed by atoms with Gasteiger partial charge in [-0.05, 0) is 36.9 Å². The van der Waals surface area contributed by atoms with E-state index in [1.165, 1.54) is 12.1 Å². The van der Waals surface area contributed by atoms with Crippen LogP contribution in [0.5, 0.6) is 0 Å². The van der Waals surface area contributed by atoms with Gasteiger partial charge in [0, 0.05) is 16.3 Å². The smallest absolute Gasteiger partial charge is 0.124 e. The van der Waals surface area contributed by atoms with Gasteiger partial charge in [-0.3, -0.25) is 0 Å². The maximum absolute atomic E-state index is 12.9. The summed E-state index contributed by atoms with van der Waals surface area (Å²) in [4.78, 5) is 0. The van der Waals surface area contributed by atoms with Crippen LogP contribution < -0.4 is 5.32 Å². The van der Waals surface area contributed by atoms with Crippen molar-refractivity contribution < 1.29 is 4.39 Å². The van der Waals surface area contributed by atoms with E-state index in [1.807, 2.05) is 17.8 Å². The van der Waals surface area contributed by atoms with Crippen LogP contribution in [-0.2, 0) is 6.42 Å². The van der Waals surface area contributed by atoms with E-state index in [0.717, 1.165) is 28.8 Å². The summed E-state index contributed by atoms with van der Waals surface area (Å²) in [6.45, 7) is 3.07. The Morgan fingerprint density at radius 3 is 2.81 bits per heavy atom. The van der Waals surface area contributed by atoms with Gasteiger partial charge in [0.15, 0.2) is 0 Å². The van der Waals surface area contributed by atoms with Gasteiger partial charge in [-0.15, -0.1) is 0 Å². The molecule has 0 aromatic heterocycles. The fourth-order valence-corrected chi connectivity index (χ4v) is 2.78. The molecule has 0 amide bonds. The number of halogens is 2. The van der Waals surface area contributed by atoms with Crippen molar-refractivity contribution in [2.75, 3.05) is 18.6 Å². The number of nitrogens with one attached hydrogen (secondary N) is 1. The summed E-state index contributed by atoms with van der Waals surface area (Å²) in [5, 5.41) is 3.44. The number of likely N-dealkylation sites (N-methyl/N-ethyl adjacent to an activating group) is 1. The highest BCUT2D eigenvalue weighted by Gasteiger charge is 2.10. The molecule has 0 fully saturated rings. The van der Waals surface area contributed by atoms with Crippen molar-refractivity contribution in [1.82, 2.24) is 5.32 Å². The van der Waals surface area contributed by atoms with E-state index in [9.17, 15) is 4.39 Å². The Morgan fingerprint density at radius 1 is 1.50 bits per heavy atom. The molecule has 0 aliphatic rings. The zero-order chi connectivity index (χ0) is 12.0. The predicted octanol–water partition coefficient (Wildman–Crippen LogP) is 3.47. The molecule has 1 aromatic carbocycles. The molecule has 1 aromatic rings. The second-order valence-corrected chi connectivity index (χ2v) is 5.41. The minimum Gasteiger partial charge on any atom is -0.313 e. The fourth-order valence-electron chi connectivity index (χ4n) is 1.63. The third-order valence-electron chi connectivity index (χ3n) is 2.34. The molecule has 0 radical (unpaired) electrons. The van der Waals surface area contributed by atoms with E-state index >= 15 is 0 Å². The third kappa shape index (κ3) is 4.44. The van der Waals surface area contributed by atoms with Crippen LogP contribution >= 0.6 is 27.7 Å². The van der Waals surface area contributed by atoms with E-state index in [-0.39, 0.29) is 5.82 Å². The lowest BCUT2D eigenvalue weighted by Gasteiger charge is -2.17. The summed E-state index contributed by atoms with van der Waals surface area (Å²) < 4.78 is 13.8. The summed E-state index contributed by atoms with van der Waals surface area (Å²) >= 11 is 5.23. The van der Waals surface area contributed by atoms with Gasteiger partial charge in [0.1, 0.15) is 5.82 Å². The first-order valence-corrected chi connectivity index (χ1v) is 7.52. The molecule has 0 saturated carbocycles. The lowest BCUT2D eigenvalue weighted by molar-refractivity contribution is 0.570. The standard InChI is InChI=1S/C12H17BrFNS/c1-3-15-11(8-16-2)6-9-4-5-10(14)7-12(9)13/h4-5,7,11,15H,3,6,8H2,1-2H3. The van der Waals surface area contributed by atoms with Gasteiger partial charge < -0.3 is 5.32 Å². The second kappa shape index (κ2) is 7.30. The molecule has 1 nitrogen and oxygen atoms in total. The van der Waals surface area contributed by atoms with Gasteiger partial charge in [0.05, 0.1) is 0 Å². The highest BCUT2D eigenvalue weighted by molar-refractivity contribution is 9.10. The van der Waals surface area contributed by atoms with Crippen LogP contribution in [0.2, 0.25) is 0 Å². The Hall–Kier alpha value is -0.0600. The molecule has 90 valence electrons. The minimum atomic E-state index is -0.194. The average Bonchev–Trinajstić information content (AvgIpc) is 2.23. The van der Waals surface area contributed by atoms with Gasteiger partial charge in [0.2, 0.25) is 0 Å². The van der Waals surface area contributed by atoms with E-state index in [4.69, 9.17) is 0 Å². The van der Waals surface area contributed by atoms with E-state index in [0.29, 0.717) is 6.04 Å². The lowest BCUT2D eigenvalue weighted by Crippen LogP contribution is -2.33. The molecule has 16 heavy (non-hydrogen) atoms. The number of benzene rings is 1. The van der Waals surface area contributed by atoms with Crippen molar-refractivity contribution in [1.29, 1.82) is 0 Å². The molecule has 1 unspecified atom stereocenters. The first kappa shape index (κ1) is 14.0. The van der Waals surface area contributed by atoms with Crippen LogP contribution in [0, 0.1) is 5.82 Å². The Kier molecular flexibility index (Phi) is 6.39. The second-order valence-electron chi connectivity index (χ2n) is 3.65. The quantitative estimate of drug-likeness (QED) is 0.863. The molecule has 1 atom stereocenters. The third-order valence-corrected chi connectivity index (χ3v) is 3.82. The van der Waals surface area contributed by atoms with Crippen LogP contribution in [-0.4, -0.2) is 24.6 Å². The van der Waals surface area contributed by atoms with Gasteiger partial charge in [-0.1, -0.05) is 28.9 Å². The Labute approximate surface area is 109 Å². The van der Waals surface area contributed by atoms with E-state index in [1.54, 1.807) is 0 Å². The number of hydrogen-bond acceptors (Lipinski definition) is 2. The normalized spacial score (nSPS) is 12.8. The van der Waals surface area contributed by atoms with E-state index in [2.05, 4.69) is 34.4 Å². The van der Waals surface area contributed by atoms with Crippen molar-refractivity contribution in [3.8, 4) is 0 Å². The van der Waals surface area contributed by atoms with Crippen molar-refractivity contribution in [3.05, 3.63) is 34.1 Å². The molecule has 0 saturated heterocycles. The van der Waals surface area contributed by atoms with Gasteiger partial charge in [-0.25, -0.2) is 4.39 Å². The Balaban J connectivity index is 2.68. The van der Waals surface area contributed by atoms with Crippen LogP contribution in [0.4, 0.5) is 4.39 Å². The summed E-state index contributed by atoms with van der Waals surface area (Å²) in [5.41, 5.74) is 1.15. The minimum absolute atomic E-state index is 0.194. The van der Waals surface area contributed by atoms with Crippen molar-refractivity contribution in [2.24, 2.45) is 0 Å². The molecule has 0 bridgehead atoms. The molecule has 4 heteroatoms. The molecule has 1 N–H and O–H groups in total. The highest BCUT2D eigenvalue weighted by Crippen LogP contribution is 2.20. The summed E-state index contributed by atoms with van der Waals surface area (Å²) in [5.74, 6) is 0.873. The van der Waals surface area contributed by atoms with Gasteiger partial charge in [0.25, 0.3) is 0 Å². The largest absolute Gasteiger partial charge is 0.313 e. The molecular formula is C12H17BrFNS. The average molecular weight is 306 g/mol. The monoisotopic (exact) mass is 305 g/mol.